The molecule has 0 amide bonds. The van der Waals surface area contributed by atoms with Gasteiger partial charge in [-0.3, -0.25) is 0 Å². The van der Waals surface area contributed by atoms with E-state index in [0.717, 1.165) is 36.1 Å². The minimum Gasteiger partial charge on any atom is -0.504 e. The molecule has 3 aromatic rings. The van der Waals surface area contributed by atoms with E-state index in [1.165, 1.54) is 13.2 Å². The summed E-state index contributed by atoms with van der Waals surface area (Å²) in [6, 6.07) is 12.3. The van der Waals surface area contributed by atoms with E-state index in [9.17, 15) is 9.50 Å². The second kappa shape index (κ2) is 7.40. The Morgan fingerprint density at radius 3 is 2.93 bits per heavy atom. The molecule has 0 fully saturated rings. The summed E-state index contributed by atoms with van der Waals surface area (Å²) in [5.41, 5.74) is 3.63. The molecule has 1 atom stereocenters. The summed E-state index contributed by atoms with van der Waals surface area (Å²) in [5.74, 6) is 0.325. The molecule has 0 spiro atoms. The molecular formula is C21H22FN3O2. The monoisotopic (exact) mass is 367 g/mol. The summed E-state index contributed by atoms with van der Waals surface area (Å²) in [6.45, 7) is 0.618. The lowest BCUT2D eigenvalue weighted by molar-refractivity contribution is 0.372. The third-order valence-electron chi connectivity index (χ3n) is 5.06. The lowest BCUT2D eigenvalue weighted by Crippen LogP contribution is -2.25. The van der Waals surface area contributed by atoms with Crippen molar-refractivity contribution in [2.75, 3.05) is 7.11 Å². The summed E-state index contributed by atoms with van der Waals surface area (Å²) in [7, 11) is 1.53. The molecule has 27 heavy (non-hydrogen) atoms. The van der Waals surface area contributed by atoms with Gasteiger partial charge in [-0.2, -0.15) is 5.10 Å². The van der Waals surface area contributed by atoms with Crippen LogP contribution in [-0.2, 0) is 13.0 Å². The molecule has 6 heteroatoms. The zero-order chi connectivity index (χ0) is 18.8. The van der Waals surface area contributed by atoms with Crippen LogP contribution in [-0.4, -0.2) is 22.0 Å². The molecule has 0 saturated heterocycles. The van der Waals surface area contributed by atoms with Crippen LogP contribution in [0.2, 0.25) is 0 Å². The van der Waals surface area contributed by atoms with E-state index in [2.05, 4.69) is 10.4 Å². The van der Waals surface area contributed by atoms with Crippen molar-refractivity contribution in [3.63, 3.8) is 0 Å². The van der Waals surface area contributed by atoms with Gasteiger partial charge in [0.05, 0.1) is 13.3 Å². The number of para-hydroxylation sites is 1. The quantitative estimate of drug-likeness (QED) is 0.718. The van der Waals surface area contributed by atoms with E-state index in [-0.39, 0.29) is 17.6 Å². The summed E-state index contributed by atoms with van der Waals surface area (Å²) in [6.07, 6.45) is 4.73. The largest absolute Gasteiger partial charge is 0.504 e. The summed E-state index contributed by atoms with van der Waals surface area (Å²) in [4.78, 5) is 0. The molecule has 0 unspecified atom stereocenters. The lowest BCUT2D eigenvalue weighted by atomic mass is 9.92. The van der Waals surface area contributed by atoms with Crippen molar-refractivity contribution in [3.8, 4) is 17.2 Å². The van der Waals surface area contributed by atoms with Gasteiger partial charge in [0.2, 0.25) is 0 Å². The van der Waals surface area contributed by atoms with Crippen LogP contribution in [0.3, 0.4) is 0 Å². The normalized spacial score (nSPS) is 16.1. The number of hydrogen-bond donors (Lipinski definition) is 2. The van der Waals surface area contributed by atoms with Crippen molar-refractivity contribution in [3.05, 3.63) is 71.3 Å². The highest BCUT2D eigenvalue weighted by Gasteiger charge is 2.25. The molecular weight excluding hydrogens is 345 g/mol. The number of phenolic OH excluding ortho intramolecular Hbond substituents is 1. The Hall–Kier alpha value is -2.86. The Morgan fingerprint density at radius 1 is 1.30 bits per heavy atom. The molecule has 1 heterocycles. The minimum absolute atomic E-state index is 0.133. The number of ether oxygens (including phenoxy) is 1. The molecule has 2 aromatic carbocycles. The summed E-state index contributed by atoms with van der Waals surface area (Å²) >= 11 is 0. The van der Waals surface area contributed by atoms with Crippen LogP contribution < -0.4 is 10.1 Å². The molecule has 1 aromatic heterocycles. The van der Waals surface area contributed by atoms with Crippen LogP contribution in [0.15, 0.2) is 48.7 Å². The molecule has 0 bridgehead atoms. The van der Waals surface area contributed by atoms with Crippen molar-refractivity contribution in [2.24, 2.45) is 0 Å². The number of benzene rings is 2. The Labute approximate surface area is 157 Å². The van der Waals surface area contributed by atoms with E-state index in [1.807, 2.05) is 18.3 Å². The highest BCUT2D eigenvalue weighted by atomic mass is 19.1. The van der Waals surface area contributed by atoms with Gasteiger partial charge in [0.15, 0.2) is 11.5 Å². The zero-order valence-corrected chi connectivity index (χ0v) is 15.2. The second-order valence-corrected chi connectivity index (χ2v) is 6.74. The van der Waals surface area contributed by atoms with Gasteiger partial charge in [0, 0.05) is 23.8 Å². The number of nitrogens with one attached hydrogen (secondary N) is 1. The van der Waals surface area contributed by atoms with Gasteiger partial charge in [-0.25, -0.2) is 9.07 Å². The Kier molecular flexibility index (Phi) is 4.81. The molecule has 1 aliphatic rings. The number of nitrogens with zero attached hydrogens (tertiary/aromatic N) is 2. The Bertz CT molecular complexity index is 954. The first kappa shape index (κ1) is 17.5. The fraction of sp³-hybridized carbons (Fsp3) is 0.286. The predicted octanol–water partition coefficient (Wildman–Crippen LogP) is 3.89. The number of methoxy groups -OCH3 is 1. The topological polar surface area (TPSA) is 59.3 Å². The smallest absolute Gasteiger partial charge is 0.160 e. The van der Waals surface area contributed by atoms with Crippen molar-refractivity contribution >= 4 is 0 Å². The van der Waals surface area contributed by atoms with Gasteiger partial charge in [0.1, 0.15) is 11.5 Å². The second-order valence-electron chi connectivity index (χ2n) is 6.74. The molecule has 5 nitrogen and oxygen atoms in total. The number of aromatic nitrogens is 2. The minimum atomic E-state index is -0.271. The molecule has 0 saturated carbocycles. The molecule has 0 radical (unpaired) electrons. The zero-order valence-electron chi connectivity index (χ0n) is 15.2. The number of hydrogen-bond acceptors (Lipinski definition) is 4. The number of rotatable bonds is 5. The van der Waals surface area contributed by atoms with Crippen molar-refractivity contribution in [1.29, 1.82) is 0 Å². The van der Waals surface area contributed by atoms with Crippen LogP contribution in [0.1, 0.15) is 35.7 Å². The average molecular weight is 367 g/mol. The number of fused-ring (bicyclic) bond motifs is 1. The van der Waals surface area contributed by atoms with E-state index in [1.54, 1.807) is 28.9 Å². The van der Waals surface area contributed by atoms with Crippen molar-refractivity contribution < 1.29 is 14.2 Å². The third kappa shape index (κ3) is 3.40. The number of phenols is 1. The molecule has 0 aliphatic heterocycles. The third-order valence-corrected chi connectivity index (χ3v) is 5.06. The van der Waals surface area contributed by atoms with Gasteiger partial charge in [-0.15, -0.1) is 0 Å². The van der Waals surface area contributed by atoms with E-state index < -0.39 is 0 Å². The maximum Gasteiger partial charge on any atom is 0.160 e. The highest BCUT2D eigenvalue weighted by molar-refractivity contribution is 5.42. The van der Waals surface area contributed by atoms with Gasteiger partial charge < -0.3 is 15.2 Å². The maximum atomic E-state index is 14.2. The van der Waals surface area contributed by atoms with Crippen LogP contribution in [0.5, 0.6) is 11.5 Å². The maximum absolute atomic E-state index is 14.2. The molecule has 140 valence electrons. The molecule has 4 rings (SSSR count). The number of halogens is 1. The Balaban J connectivity index is 1.54. The Morgan fingerprint density at radius 2 is 2.15 bits per heavy atom. The van der Waals surface area contributed by atoms with Gasteiger partial charge in [0.25, 0.3) is 0 Å². The average Bonchev–Trinajstić information content (AvgIpc) is 3.11. The lowest BCUT2D eigenvalue weighted by Gasteiger charge is -2.24. The summed E-state index contributed by atoms with van der Waals surface area (Å²) in [5, 5.41) is 17.9. The first-order valence-corrected chi connectivity index (χ1v) is 9.08. The van der Waals surface area contributed by atoms with E-state index in [0.29, 0.717) is 18.0 Å². The number of aromatic hydroxyl groups is 1. The SMILES string of the molecule is COc1ccc(CN[C@H]2CCCc3c2cnn3-c2ccccc2F)cc1O. The summed E-state index contributed by atoms with van der Waals surface area (Å²) < 4.78 is 21.0. The van der Waals surface area contributed by atoms with Crippen LogP contribution in [0.25, 0.3) is 5.69 Å². The van der Waals surface area contributed by atoms with Crippen LogP contribution >= 0.6 is 0 Å². The fourth-order valence-electron chi connectivity index (χ4n) is 3.69. The molecule has 1 aliphatic carbocycles. The first-order valence-electron chi connectivity index (χ1n) is 9.08. The standard InChI is InChI=1S/C21H22FN3O2/c1-27-21-10-9-14(11-20(21)26)12-23-17-6-4-8-18-15(17)13-24-25(18)19-7-3-2-5-16(19)22/h2-3,5,7,9-11,13,17,23,26H,4,6,8,12H2,1H3/t17-/m0/s1. The van der Waals surface area contributed by atoms with Crippen LogP contribution in [0, 0.1) is 5.82 Å². The van der Waals surface area contributed by atoms with Gasteiger partial charge >= 0.3 is 0 Å². The van der Waals surface area contributed by atoms with Crippen molar-refractivity contribution in [1.82, 2.24) is 15.1 Å². The van der Waals surface area contributed by atoms with Gasteiger partial charge in [-0.1, -0.05) is 18.2 Å². The highest BCUT2D eigenvalue weighted by Crippen LogP contribution is 2.32. The van der Waals surface area contributed by atoms with E-state index in [4.69, 9.17) is 4.74 Å². The molecule has 2 N–H and O–H groups in total. The van der Waals surface area contributed by atoms with E-state index >= 15 is 0 Å². The van der Waals surface area contributed by atoms with Gasteiger partial charge in [-0.05, 0) is 49.1 Å². The fourth-order valence-corrected chi connectivity index (χ4v) is 3.69. The van der Waals surface area contributed by atoms with Crippen molar-refractivity contribution in [2.45, 2.75) is 31.8 Å². The predicted molar refractivity (Wildman–Crippen MR) is 101 cm³/mol. The first-order chi connectivity index (χ1) is 13.2. The van der Waals surface area contributed by atoms with Crippen LogP contribution in [0.4, 0.5) is 4.39 Å².